The Kier molecular flexibility index (Phi) is 3.41. The average Bonchev–Trinajstić information content (AvgIpc) is 2.31. The van der Waals surface area contributed by atoms with Gasteiger partial charge in [0, 0.05) is 24.9 Å². The topological polar surface area (TPSA) is 64.4 Å². The summed E-state index contributed by atoms with van der Waals surface area (Å²) < 4.78 is 5.23. The molecular formula is C12H16N2O2. The van der Waals surface area contributed by atoms with Crippen LogP contribution in [0.2, 0.25) is 0 Å². The number of nitrogens with two attached hydrogens (primary N) is 1. The van der Waals surface area contributed by atoms with E-state index in [9.17, 15) is 4.79 Å². The van der Waals surface area contributed by atoms with Gasteiger partial charge in [-0.1, -0.05) is 12.1 Å². The van der Waals surface area contributed by atoms with Crippen molar-refractivity contribution in [1.82, 2.24) is 5.32 Å². The minimum absolute atomic E-state index is 0.0926. The van der Waals surface area contributed by atoms with Gasteiger partial charge in [-0.2, -0.15) is 0 Å². The van der Waals surface area contributed by atoms with Crippen LogP contribution in [0.5, 0.6) is 0 Å². The summed E-state index contributed by atoms with van der Waals surface area (Å²) >= 11 is 0. The molecule has 0 bridgehead atoms. The van der Waals surface area contributed by atoms with Gasteiger partial charge in [0.05, 0.1) is 5.56 Å². The minimum atomic E-state index is -0.0926. The third-order valence-corrected chi connectivity index (χ3v) is 2.76. The van der Waals surface area contributed by atoms with E-state index in [4.69, 9.17) is 10.5 Å². The molecule has 1 aromatic rings. The highest BCUT2D eigenvalue weighted by atomic mass is 16.5. The molecule has 1 aliphatic rings. The zero-order valence-electron chi connectivity index (χ0n) is 9.11. The van der Waals surface area contributed by atoms with Crippen LogP contribution in [0.4, 0.5) is 5.69 Å². The van der Waals surface area contributed by atoms with Crippen molar-refractivity contribution in [3.8, 4) is 0 Å². The quantitative estimate of drug-likeness (QED) is 0.735. The van der Waals surface area contributed by atoms with Gasteiger partial charge in [0.2, 0.25) is 0 Å². The Labute approximate surface area is 94.8 Å². The summed E-state index contributed by atoms with van der Waals surface area (Å²) in [6, 6.07) is 7.32. The maximum absolute atomic E-state index is 11.9. The van der Waals surface area contributed by atoms with Gasteiger partial charge < -0.3 is 15.8 Å². The van der Waals surface area contributed by atoms with Crippen LogP contribution in [0.3, 0.4) is 0 Å². The fourth-order valence-electron chi connectivity index (χ4n) is 1.81. The van der Waals surface area contributed by atoms with Gasteiger partial charge in [0.1, 0.15) is 0 Å². The lowest BCUT2D eigenvalue weighted by Crippen LogP contribution is -2.39. The zero-order valence-corrected chi connectivity index (χ0v) is 9.11. The second kappa shape index (κ2) is 4.99. The number of para-hydroxylation sites is 1. The van der Waals surface area contributed by atoms with Gasteiger partial charge in [-0.3, -0.25) is 4.79 Å². The van der Waals surface area contributed by atoms with Crippen molar-refractivity contribution in [1.29, 1.82) is 0 Å². The lowest BCUT2D eigenvalue weighted by atomic mass is 10.1. The van der Waals surface area contributed by atoms with Crippen LogP contribution in [0, 0.1) is 0 Å². The Morgan fingerprint density at radius 1 is 1.31 bits per heavy atom. The molecule has 1 aromatic carbocycles. The molecule has 86 valence electrons. The van der Waals surface area contributed by atoms with Crippen molar-refractivity contribution in [2.45, 2.75) is 18.9 Å². The van der Waals surface area contributed by atoms with Gasteiger partial charge in [-0.25, -0.2) is 0 Å². The Bertz CT molecular complexity index is 373. The molecule has 3 N–H and O–H groups in total. The molecule has 2 rings (SSSR count). The molecule has 0 aliphatic carbocycles. The molecule has 1 saturated heterocycles. The second-order valence-electron chi connectivity index (χ2n) is 3.95. The molecular weight excluding hydrogens is 204 g/mol. The van der Waals surface area contributed by atoms with Crippen LogP contribution in [0.15, 0.2) is 24.3 Å². The number of amides is 1. The predicted molar refractivity (Wildman–Crippen MR) is 62.2 cm³/mol. The van der Waals surface area contributed by atoms with Crippen LogP contribution in [-0.4, -0.2) is 25.2 Å². The van der Waals surface area contributed by atoms with Crippen LogP contribution in [0.25, 0.3) is 0 Å². The lowest BCUT2D eigenvalue weighted by molar-refractivity contribution is 0.0697. The second-order valence-corrected chi connectivity index (χ2v) is 3.95. The third-order valence-electron chi connectivity index (χ3n) is 2.76. The molecule has 1 fully saturated rings. The molecule has 0 radical (unpaired) electrons. The molecule has 1 heterocycles. The molecule has 0 saturated carbocycles. The van der Waals surface area contributed by atoms with Crippen molar-refractivity contribution in [2.75, 3.05) is 18.9 Å². The molecule has 4 nitrogen and oxygen atoms in total. The fraction of sp³-hybridized carbons (Fsp3) is 0.417. The molecule has 0 unspecified atom stereocenters. The van der Waals surface area contributed by atoms with Gasteiger partial charge in [0.25, 0.3) is 5.91 Å². The molecule has 1 amide bonds. The maximum Gasteiger partial charge on any atom is 0.253 e. The Morgan fingerprint density at radius 3 is 2.69 bits per heavy atom. The summed E-state index contributed by atoms with van der Waals surface area (Å²) in [6.07, 6.45) is 1.75. The minimum Gasteiger partial charge on any atom is -0.398 e. The number of benzene rings is 1. The number of ether oxygens (including phenoxy) is 1. The third kappa shape index (κ3) is 2.52. The van der Waals surface area contributed by atoms with Gasteiger partial charge in [-0.05, 0) is 25.0 Å². The number of carbonyl (C=O) groups is 1. The van der Waals surface area contributed by atoms with E-state index in [2.05, 4.69) is 5.32 Å². The first kappa shape index (κ1) is 11.0. The van der Waals surface area contributed by atoms with Crippen molar-refractivity contribution in [3.63, 3.8) is 0 Å². The van der Waals surface area contributed by atoms with Crippen LogP contribution < -0.4 is 11.1 Å². The predicted octanol–water partition coefficient (Wildman–Crippen LogP) is 1.18. The van der Waals surface area contributed by atoms with E-state index in [0.29, 0.717) is 11.3 Å². The zero-order chi connectivity index (χ0) is 11.4. The summed E-state index contributed by atoms with van der Waals surface area (Å²) in [5, 5.41) is 2.98. The standard InChI is InChI=1S/C12H16N2O2/c13-11-4-2-1-3-10(11)12(15)14-9-5-7-16-8-6-9/h1-4,9H,5-8,13H2,(H,14,15). The highest BCUT2D eigenvalue weighted by molar-refractivity contribution is 5.99. The van der Waals surface area contributed by atoms with Crippen molar-refractivity contribution < 1.29 is 9.53 Å². The highest BCUT2D eigenvalue weighted by Gasteiger charge is 2.17. The molecule has 16 heavy (non-hydrogen) atoms. The normalized spacial score (nSPS) is 17.0. The number of nitrogen functional groups attached to an aromatic ring is 1. The molecule has 0 atom stereocenters. The molecule has 4 heteroatoms. The van der Waals surface area contributed by atoms with Crippen LogP contribution in [0.1, 0.15) is 23.2 Å². The molecule has 0 spiro atoms. The number of hydrogen-bond donors (Lipinski definition) is 2. The summed E-state index contributed by atoms with van der Waals surface area (Å²) in [4.78, 5) is 11.9. The Morgan fingerprint density at radius 2 is 2.00 bits per heavy atom. The summed E-state index contributed by atoms with van der Waals surface area (Å²) in [7, 11) is 0. The van der Waals surface area contributed by atoms with E-state index >= 15 is 0 Å². The summed E-state index contributed by atoms with van der Waals surface area (Å²) in [5.41, 5.74) is 6.81. The van der Waals surface area contributed by atoms with Gasteiger partial charge in [0.15, 0.2) is 0 Å². The average molecular weight is 220 g/mol. The Hall–Kier alpha value is -1.55. The van der Waals surface area contributed by atoms with Gasteiger partial charge >= 0.3 is 0 Å². The molecule has 0 aromatic heterocycles. The fourth-order valence-corrected chi connectivity index (χ4v) is 1.81. The van der Waals surface area contributed by atoms with E-state index in [1.165, 1.54) is 0 Å². The van der Waals surface area contributed by atoms with Crippen LogP contribution in [-0.2, 0) is 4.74 Å². The van der Waals surface area contributed by atoms with E-state index in [0.717, 1.165) is 26.1 Å². The first-order valence-corrected chi connectivity index (χ1v) is 5.50. The van der Waals surface area contributed by atoms with Gasteiger partial charge in [-0.15, -0.1) is 0 Å². The van der Waals surface area contributed by atoms with E-state index in [-0.39, 0.29) is 11.9 Å². The smallest absolute Gasteiger partial charge is 0.253 e. The maximum atomic E-state index is 11.9. The number of anilines is 1. The van der Waals surface area contributed by atoms with E-state index < -0.39 is 0 Å². The number of nitrogens with one attached hydrogen (secondary N) is 1. The Balaban J connectivity index is 2.00. The summed E-state index contributed by atoms with van der Waals surface area (Å²) in [6.45, 7) is 1.43. The first-order chi connectivity index (χ1) is 7.77. The summed E-state index contributed by atoms with van der Waals surface area (Å²) in [5.74, 6) is -0.0926. The number of rotatable bonds is 2. The first-order valence-electron chi connectivity index (χ1n) is 5.50. The number of carbonyl (C=O) groups excluding carboxylic acids is 1. The van der Waals surface area contributed by atoms with E-state index in [1.807, 2.05) is 12.1 Å². The van der Waals surface area contributed by atoms with Crippen molar-refractivity contribution >= 4 is 11.6 Å². The SMILES string of the molecule is Nc1ccccc1C(=O)NC1CCOCC1. The van der Waals surface area contributed by atoms with E-state index in [1.54, 1.807) is 12.1 Å². The largest absolute Gasteiger partial charge is 0.398 e. The van der Waals surface area contributed by atoms with Crippen molar-refractivity contribution in [2.24, 2.45) is 0 Å². The monoisotopic (exact) mass is 220 g/mol. The highest BCUT2D eigenvalue weighted by Crippen LogP contribution is 2.12. The van der Waals surface area contributed by atoms with Crippen LogP contribution >= 0.6 is 0 Å². The van der Waals surface area contributed by atoms with Crippen molar-refractivity contribution in [3.05, 3.63) is 29.8 Å². The molecule has 1 aliphatic heterocycles. The number of hydrogen-bond acceptors (Lipinski definition) is 3. The lowest BCUT2D eigenvalue weighted by Gasteiger charge is -2.23.